The summed E-state index contributed by atoms with van der Waals surface area (Å²) in [4.78, 5) is 25.0. The van der Waals surface area contributed by atoms with Crippen LogP contribution in [0.4, 0.5) is 11.4 Å². The lowest BCUT2D eigenvalue weighted by molar-refractivity contribution is 0.102. The molecule has 0 saturated carbocycles. The minimum absolute atomic E-state index is 0.247. The standard InChI is InChI=1S/C23H22N2O2/c1-15-7-10-20(11-8-15)24-22(26)18-5-4-6-19(14-18)23(27)25-21-12-9-16(2)17(3)13-21/h4-14H,1-3H3,(H,24,26)(H,25,27). The molecule has 0 atom stereocenters. The van der Waals surface area contributed by atoms with Crippen molar-refractivity contribution in [1.29, 1.82) is 0 Å². The molecule has 3 aromatic carbocycles. The predicted octanol–water partition coefficient (Wildman–Crippen LogP) is 5.12. The Bertz CT molecular complexity index is 992. The van der Waals surface area contributed by atoms with Gasteiger partial charge in [0.05, 0.1) is 0 Å². The highest BCUT2D eigenvalue weighted by atomic mass is 16.2. The highest BCUT2D eigenvalue weighted by Gasteiger charge is 2.11. The molecular weight excluding hydrogens is 336 g/mol. The van der Waals surface area contributed by atoms with Crippen molar-refractivity contribution < 1.29 is 9.59 Å². The summed E-state index contributed by atoms with van der Waals surface area (Å²) in [6, 6.07) is 20.0. The molecule has 0 aliphatic carbocycles. The van der Waals surface area contributed by atoms with Gasteiger partial charge in [-0.15, -0.1) is 0 Å². The number of carbonyl (C=O) groups excluding carboxylic acids is 2. The van der Waals surface area contributed by atoms with Gasteiger partial charge in [0.2, 0.25) is 0 Å². The number of carbonyl (C=O) groups is 2. The molecule has 0 aliphatic rings. The van der Waals surface area contributed by atoms with Crippen LogP contribution in [0.25, 0.3) is 0 Å². The number of hydrogen-bond acceptors (Lipinski definition) is 2. The van der Waals surface area contributed by atoms with Crippen LogP contribution in [-0.2, 0) is 0 Å². The van der Waals surface area contributed by atoms with E-state index in [1.165, 1.54) is 5.56 Å². The highest BCUT2D eigenvalue weighted by molar-refractivity contribution is 6.08. The Morgan fingerprint density at radius 2 is 1.19 bits per heavy atom. The molecule has 0 aliphatic heterocycles. The van der Waals surface area contributed by atoms with Crippen LogP contribution in [0.5, 0.6) is 0 Å². The van der Waals surface area contributed by atoms with E-state index < -0.39 is 0 Å². The third-order valence-electron chi connectivity index (χ3n) is 4.46. The number of rotatable bonds is 4. The van der Waals surface area contributed by atoms with Crippen LogP contribution >= 0.6 is 0 Å². The van der Waals surface area contributed by atoms with E-state index in [9.17, 15) is 9.59 Å². The number of benzene rings is 3. The van der Waals surface area contributed by atoms with Gasteiger partial charge in [0.15, 0.2) is 0 Å². The zero-order valence-electron chi connectivity index (χ0n) is 15.7. The fourth-order valence-electron chi connectivity index (χ4n) is 2.66. The van der Waals surface area contributed by atoms with E-state index in [4.69, 9.17) is 0 Å². The molecule has 3 aromatic rings. The molecule has 0 heterocycles. The van der Waals surface area contributed by atoms with E-state index >= 15 is 0 Å². The van der Waals surface area contributed by atoms with Crippen molar-refractivity contribution in [2.45, 2.75) is 20.8 Å². The third kappa shape index (κ3) is 4.61. The minimum atomic E-state index is -0.250. The first kappa shape index (κ1) is 18.4. The molecule has 0 saturated heterocycles. The second-order valence-corrected chi connectivity index (χ2v) is 6.65. The smallest absolute Gasteiger partial charge is 0.255 e. The monoisotopic (exact) mass is 358 g/mol. The molecule has 0 fully saturated rings. The van der Waals surface area contributed by atoms with E-state index in [1.54, 1.807) is 24.3 Å². The first-order chi connectivity index (χ1) is 12.9. The Morgan fingerprint density at radius 3 is 1.78 bits per heavy atom. The van der Waals surface area contributed by atoms with Crippen molar-refractivity contribution in [3.05, 3.63) is 94.5 Å². The zero-order valence-corrected chi connectivity index (χ0v) is 15.7. The second kappa shape index (κ2) is 7.87. The quantitative estimate of drug-likeness (QED) is 0.680. The average molecular weight is 358 g/mol. The second-order valence-electron chi connectivity index (χ2n) is 6.65. The van der Waals surface area contributed by atoms with Crippen molar-refractivity contribution in [3.8, 4) is 0 Å². The number of anilines is 2. The maximum atomic E-state index is 12.5. The molecule has 136 valence electrons. The SMILES string of the molecule is Cc1ccc(NC(=O)c2cccc(C(=O)Nc3ccc(C)c(C)c3)c2)cc1. The molecule has 4 heteroatoms. The van der Waals surface area contributed by atoms with Crippen LogP contribution in [0.15, 0.2) is 66.7 Å². The van der Waals surface area contributed by atoms with Crippen LogP contribution in [0.3, 0.4) is 0 Å². The summed E-state index contributed by atoms with van der Waals surface area (Å²) in [5, 5.41) is 5.72. The van der Waals surface area contributed by atoms with Gasteiger partial charge in [0.25, 0.3) is 11.8 Å². The van der Waals surface area contributed by atoms with Gasteiger partial charge >= 0.3 is 0 Å². The molecule has 0 bridgehead atoms. The average Bonchev–Trinajstić information content (AvgIpc) is 2.66. The maximum Gasteiger partial charge on any atom is 0.255 e. The van der Waals surface area contributed by atoms with Crippen molar-refractivity contribution in [2.24, 2.45) is 0 Å². The van der Waals surface area contributed by atoms with Gasteiger partial charge in [-0.25, -0.2) is 0 Å². The lowest BCUT2D eigenvalue weighted by Gasteiger charge is -2.09. The van der Waals surface area contributed by atoms with E-state index in [2.05, 4.69) is 10.6 Å². The van der Waals surface area contributed by atoms with Gasteiger partial charge in [-0.1, -0.05) is 29.8 Å². The Morgan fingerprint density at radius 1 is 0.630 bits per heavy atom. The number of nitrogens with one attached hydrogen (secondary N) is 2. The largest absolute Gasteiger partial charge is 0.322 e. The summed E-state index contributed by atoms with van der Waals surface area (Å²) in [7, 11) is 0. The highest BCUT2D eigenvalue weighted by Crippen LogP contribution is 2.16. The lowest BCUT2D eigenvalue weighted by Crippen LogP contribution is -2.15. The molecular formula is C23H22N2O2. The molecule has 0 aromatic heterocycles. The molecule has 0 unspecified atom stereocenters. The van der Waals surface area contributed by atoms with Gasteiger partial charge in [0, 0.05) is 22.5 Å². The minimum Gasteiger partial charge on any atom is -0.322 e. The molecule has 27 heavy (non-hydrogen) atoms. The van der Waals surface area contributed by atoms with Crippen LogP contribution in [0, 0.1) is 20.8 Å². The van der Waals surface area contributed by atoms with Crippen LogP contribution in [-0.4, -0.2) is 11.8 Å². The summed E-state index contributed by atoms with van der Waals surface area (Å²) in [6.07, 6.45) is 0. The van der Waals surface area contributed by atoms with Crippen LogP contribution < -0.4 is 10.6 Å². The summed E-state index contributed by atoms with van der Waals surface area (Å²) < 4.78 is 0. The molecule has 0 spiro atoms. The van der Waals surface area contributed by atoms with Gasteiger partial charge in [-0.2, -0.15) is 0 Å². The van der Waals surface area contributed by atoms with Gasteiger partial charge < -0.3 is 10.6 Å². The Kier molecular flexibility index (Phi) is 5.36. The van der Waals surface area contributed by atoms with Gasteiger partial charge in [-0.3, -0.25) is 9.59 Å². The van der Waals surface area contributed by atoms with E-state index in [1.807, 2.05) is 63.2 Å². The summed E-state index contributed by atoms with van der Waals surface area (Å²) >= 11 is 0. The number of hydrogen-bond donors (Lipinski definition) is 2. The normalized spacial score (nSPS) is 10.3. The van der Waals surface area contributed by atoms with E-state index in [-0.39, 0.29) is 11.8 Å². The van der Waals surface area contributed by atoms with Gasteiger partial charge in [-0.05, 0) is 74.4 Å². The molecule has 2 N–H and O–H groups in total. The Balaban J connectivity index is 1.73. The fraction of sp³-hybridized carbons (Fsp3) is 0.130. The molecule has 0 radical (unpaired) electrons. The zero-order chi connectivity index (χ0) is 19.4. The lowest BCUT2D eigenvalue weighted by atomic mass is 10.1. The maximum absolute atomic E-state index is 12.5. The van der Waals surface area contributed by atoms with Crippen molar-refractivity contribution in [2.75, 3.05) is 10.6 Å². The molecule has 4 nitrogen and oxygen atoms in total. The van der Waals surface area contributed by atoms with Crippen molar-refractivity contribution >= 4 is 23.2 Å². The first-order valence-corrected chi connectivity index (χ1v) is 8.79. The first-order valence-electron chi connectivity index (χ1n) is 8.79. The van der Waals surface area contributed by atoms with E-state index in [0.29, 0.717) is 11.1 Å². The predicted molar refractivity (Wildman–Crippen MR) is 109 cm³/mol. The Labute approximate surface area is 159 Å². The number of aryl methyl sites for hydroxylation is 3. The van der Waals surface area contributed by atoms with Crippen LogP contribution in [0.1, 0.15) is 37.4 Å². The van der Waals surface area contributed by atoms with Crippen molar-refractivity contribution in [3.63, 3.8) is 0 Å². The molecule has 2 amide bonds. The van der Waals surface area contributed by atoms with Crippen molar-refractivity contribution in [1.82, 2.24) is 0 Å². The topological polar surface area (TPSA) is 58.2 Å². The summed E-state index contributed by atoms with van der Waals surface area (Å²) in [5.41, 5.74) is 5.72. The van der Waals surface area contributed by atoms with E-state index in [0.717, 1.165) is 22.5 Å². The van der Waals surface area contributed by atoms with Crippen LogP contribution in [0.2, 0.25) is 0 Å². The number of amides is 2. The summed E-state index contributed by atoms with van der Waals surface area (Å²) in [5.74, 6) is -0.497. The van der Waals surface area contributed by atoms with Gasteiger partial charge in [0.1, 0.15) is 0 Å². The fourth-order valence-corrected chi connectivity index (χ4v) is 2.66. The molecule has 3 rings (SSSR count). The third-order valence-corrected chi connectivity index (χ3v) is 4.46. The Hall–Kier alpha value is -3.40. The summed E-state index contributed by atoms with van der Waals surface area (Å²) in [6.45, 7) is 6.02.